The quantitative estimate of drug-likeness (QED) is 0.712. The van der Waals surface area contributed by atoms with Gasteiger partial charge in [-0.3, -0.25) is 0 Å². The molecule has 2 aliphatic rings. The molecule has 2 aliphatic carbocycles. The molecule has 0 amide bonds. The second-order valence-electron chi connectivity index (χ2n) is 4.31. The third kappa shape index (κ3) is 3.06. The van der Waals surface area contributed by atoms with E-state index >= 15 is 0 Å². The topological polar surface area (TPSA) is 49.9 Å². The van der Waals surface area contributed by atoms with Gasteiger partial charge in [0.25, 0.3) is 0 Å². The Morgan fingerprint density at radius 1 is 1.24 bits per heavy atom. The molecule has 0 aromatic rings. The van der Waals surface area contributed by atoms with Crippen LogP contribution in [0.15, 0.2) is 59.4 Å². The largest absolute Gasteiger partial charge is 0.398 e. The Bertz CT molecular complexity index is 459. The molecule has 2 heteroatoms. The van der Waals surface area contributed by atoms with E-state index in [1.54, 1.807) is 6.08 Å². The minimum absolute atomic E-state index is 0.508. The minimum atomic E-state index is 0.508. The molecular formula is C15H18N2. The van der Waals surface area contributed by atoms with Gasteiger partial charge < -0.3 is 11.1 Å². The average Bonchev–Trinajstić information content (AvgIpc) is 2.40. The van der Waals surface area contributed by atoms with Crippen molar-refractivity contribution >= 4 is 5.71 Å². The molecule has 0 saturated carbocycles. The van der Waals surface area contributed by atoms with Gasteiger partial charge in [0.2, 0.25) is 0 Å². The Morgan fingerprint density at radius 3 is 2.76 bits per heavy atom. The zero-order chi connectivity index (χ0) is 12.1. The lowest BCUT2D eigenvalue weighted by Crippen LogP contribution is -2.07. The fourth-order valence-corrected chi connectivity index (χ4v) is 1.99. The summed E-state index contributed by atoms with van der Waals surface area (Å²) in [6.07, 6.45) is 18.3. The molecule has 0 aromatic carbocycles. The molecule has 88 valence electrons. The lowest BCUT2D eigenvalue weighted by molar-refractivity contribution is 0.962. The van der Waals surface area contributed by atoms with Gasteiger partial charge in [0, 0.05) is 5.70 Å². The maximum Gasteiger partial charge on any atom is 0.0629 e. The Kier molecular flexibility index (Phi) is 3.76. The van der Waals surface area contributed by atoms with Crippen molar-refractivity contribution in [1.82, 2.24) is 0 Å². The molecule has 0 atom stereocenters. The van der Waals surface area contributed by atoms with Crippen molar-refractivity contribution in [2.45, 2.75) is 25.7 Å². The molecule has 0 saturated heterocycles. The van der Waals surface area contributed by atoms with E-state index in [2.05, 4.69) is 18.2 Å². The van der Waals surface area contributed by atoms with Gasteiger partial charge in [-0.05, 0) is 42.9 Å². The van der Waals surface area contributed by atoms with Crippen LogP contribution in [0.25, 0.3) is 0 Å². The van der Waals surface area contributed by atoms with Crippen LogP contribution in [0.3, 0.4) is 0 Å². The van der Waals surface area contributed by atoms with E-state index in [9.17, 15) is 0 Å². The summed E-state index contributed by atoms with van der Waals surface area (Å²) < 4.78 is 0. The highest BCUT2D eigenvalue weighted by molar-refractivity contribution is 6.08. The van der Waals surface area contributed by atoms with E-state index in [0.29, 0.717) is 5.71 Å². The molecular weight excluding hydrogens is 208 g/mol. The van der Waals surface area contributed by atoms with Crippen molar-refractivity contribution in [3.8, 4) is 0 Å². The van der Waals surface area contributed by atoms with Crippen molar-refractivity contribution in [3.63, 3.8) is 0 Å². The molecule has 0 aliphatic heterocycles. The lowest BCUT2D eigenvalue weighted by atomic mass is 9.98. The van der Waals surface area contributed by atoms with Crippen molar-refractivity contribution in [3.05, 3.63) is 59.4 Å². The Hall–Kier alpha value is -1.83. The maximum absolute atomic E-state index is 8.01. The highest BCUT2D eigenvalue weighted by atomic mass is 14.6. The summed E-state index contributed by atoms with van der Waals surface area (Å²) in [6, 6.07) is 0. The monoisotopic (exact) mass is 226 g/mol. The van der Waals surface area contributed by atoms with Crippen LogP contribution in [0.1, 0.15) is 25.7 Å². The molecule has 0 aromatic heterocycles. The van der Waals surface area contributed by atoms with Gasteiger partial charge in [-0.2, -0.15) is 0 Å². The van der Waals surface area contributed by atoms with Crippen LogP contribution in [0.5, 0.6) is 0 Å². The molecule has 3 N–H and O–H groups in total. The lowest BCUT2D eigenvalue weighted by Gasteiger charge is -2.11. The van der Waals surface area contributed by atoms with E-state index in [0.717, 1.165) is 42.5 Å². The summed E-state index contributed by atoms with van der Waals surface area (Å²) in [5.41, 5.74) is 9.37. The molecule has 0 radical (unpaired) electrons. The normalized spacial score (nSPS) is 19.9. The molecule has 0 bridgehead atoms. The van der Waals surface area contributed by atoms with Crippen LogP contribution in [0, 0.1) is 5.41 Å². The SMILES string of the molecule is N=C(C=C(N)C1=CC=CCC1)C1=CCCC=C1. The number of rotatable bonds is 3. The third-order valence-electron chi connectivity index (χ3n) is 2.99. The highest BCUT2D eigenvalue weighted by Crippen LogP contribution is 2.18. The Balaban J connectivity index is 2.10. The Labute approximate surface area is 102 Å². The second-order valence-corrected chi connectivity index (χ2v) is 4.31. The van der Waals surface area contributed by atoms with Crippen molar-refractivity contribution < 1.29 is 0 Å². The predicted molar refractivity (Wildman–Crippen MR) is 72.9 cm³/mol. The zero-order valence-corrected chi connectivity index (χ0v) is 9.95. The summed E-state index contributed by atoms with van der Waals surface area (Å²) in [5, 5.41) is 8.01. The second kappa shape index (κ2) is 5.48. The van der Waals surface area contributed by atoms with Crippen molar-refractivity contribution in [2.24, 2.45) is 5.73 Å². The van der Waals surface area contributed by atoms with Crippen LogP contribution in [-0.4, -0.2) is 5.71 Å². The van der Waals surface area contributed by atoms with Crippen LogP contribution in [0.4, 0.5) is 0 Å². The molecule has 0 unspecified atom stereocenters. The number of nitrogens with one attached hydrogen (secondary N) is 1. The van der Waals surface area contributed by atoms with E-state index in [4.69, 9.17) is 11.1 Å². The summed E-state index contributed by atoms with van der Waals surface area (Å²) >= 11 is 0. The standard InChI is InChI=1S/C15H18N2/c16-14(12-7-3-1-4-8-12)11-15(17)13-9-5-2-6-10-13/h1,3,5,7,9-11,17H,2,4,6,8,16H2. The summed E-state index contributed by atoms with van der Waals surface area (Å²) in [7, 11) is 0. The van der Waals surface area contributed by atoms with E-state index in [1.807, 2.05) is 18.2 Å². The Morgan fingerprint density at radius 2 is 2.12 bits per heavy atom. The summed E-state index contributed by atoms with van der Waals surface area (Å²) in [4.78, 5) is 0. The zero-order valence-electron chi connectivity index (χ0n) is 9.95. The predicted octanol–water partition coefficient (Wildman–Crippen LogP) is 3.40. The number of hydrogen-bond acceptors (Lipinski definition) is 2. The molecule has 0 heterocycles. The van der Waals surface area contributed by atoms with Gasteiger partial charge in [-0.1, -0.05) is 36.5 Å². The van der Waals surface area contributed by atoms with Crippen molar-refractivity contribution in [1.29, 1.82) is 5.41 Å². The first-order chi connectivity index (χ1) is 8.27. The van der Waals surface area contributed by atoms with Crippen LogP contribution in [0.2, 0.25) is 0 Å². The highest BCUT2D eigenvalue weighted by Gasteiger charge is 2.06. The first-order valence-electron chi connectivity index (χ1n) is 6.06. The van der Waals surface area contributed by atoms with Gasteiger partial charge in [0.05, 0.1) is 5.71 Å². The summed E-state index contributed by atoms with van der Waals surface area (Å²) in [6.45, 7) is 0. The van der Waals surface area contributed by atoms with Crippen molar-refractivity contribution in [2.75, 3.05) is 0 Å². The first kappa shape index (κ1) is 11.6. The van der Waals surface area contributed by atoms with E-state index < -0.39 is 0 Å². The van der Waals surface area contributed by atoms with Crippen LogP contribution in [-0.2, 0) is 0 Å². The summed E-state index contributed by atoms with van der Waals surface area (Å²) in [5.74, 6) is 0. The van der Waals surface area contributed by atoms with E-state index in [-0.39, 0.29) is 0 Å². The average molecular weight is 226 g/mol. The fraction of sp³-hybridized carbons (Fsp3) is 0.267. The van der Waals surface area contributed by atoms with Crippen LogP contribution < -0.4 is 5.73 Å². The molecule has 17 heavy (non-hydrogen) atoms. The molecule has 0 spiro atoms. The first-order valence-corrected chi connectivity index (χ1v) is 6.06. The third-order valence-corrected chi connectivity index (χ3v) is 2.99. The molecule has 2 nitrogen and oxygen atoms in total. The van der Waals surface area contributed by atoms with Gasteiger partial charge in [-0.25, -0.2) is 0 Å². The van der Waals surface area contributed by atoms with Gasteiger partial charge >= 0.3 is 0 Å². The minimum Gasteiger partial charge on any atom is -0.398 e. The number of allylic oxidation sites excluding steroid dienone is 9. The maximum atomic E-state index is 8.01. The van der Waals surface area contributed by atoms with E-state index in [1.165, 1.54) is 0 Å². The van der Waals surface area contributed by atoms with Crippen LogP contribution >= 0.6 is 0 Å². The smallest absolute Gasteiger partial charge is 0.0629 e. The molecule has 2 rings (SSSR count). The fourth-order valence-electron chi connectivity index (χ4n) is 1.99. The van der Waals surface area contributed by atoms with Gasteiger partial charge in [0.1, 0.15) is 0 Å². The number of nitrogens with two attached hydrogens (primary N) is 1. The van der Waals surface area contributed by atoms with Gasteiger partial charge in [0.15, 0.2) is 0 Å². The number of hydrogen-bond donors (Lipinski definition) is 2. The van der Waals surface area contributed by atoms with Gasteiger partial charge in [-0.15, -0.1) is 0 Å². The molecule has 0 fully saturated rings.